The second kappa shape index (κ2) is 13.6. The Morgan fingerprint density at radius 2 is 1.59 bits per heavy atom. The summed E-state index contributed by atoms with van der Waals surface area (Å²) in [7, 11) is 0. The van der Waals surface area contributed by atoms with Crippen molar-refractivity contribution in [1.29, 1.82) is 0 Å². The van der Waals surface area contributed by atoms with Crippen molar-refractivity contribution >= 4 is 23.2 Å². The van der Waals surface area contributed by atoms with Gasteiger partial charge in [0, 0.05) is 12.1 Å². The average molecular weight is 415 g/mol. The second-order valence-corrected chi connectivity index (χ2v) is 7.07. The molecule has 0 spiro atoms. The van der Waals surface area contributed by atoms with Crippen LogP contribution in [0.1, 0.15) is 49.4 Å². The zero-order chi connectivity index (χ0) is 20.7. The minimum Gasteiger partial charge on any atom is -0.490 e. The summed E-state index contributed by atoms with van der Waals surface area (Å²) in [5.41, 5.74) is 0.499. The van der Waals surface area contributed by atoms with Crippen molar-refractivity contribution in [2.45, 2.75) is 39.0 Å². The zero-order valence-electron chi connectivity index (χ0n) is 17.0. The van der Waals surface area contributed by atoms with Gasteiger partial charge in [-0.2, -0.15) is 0 Å². The predicted molar refractivity (Wildman–Crippen MR) is 121 cm³/mol. The molecule has 2 N–H and O–H groups in total. The molecule has 0 aromatic heterocycles. The van der Waals surface area contributed by atoms with Gasteiger partial charge >= 0.3 is 0 Å². The van der Waals surface area contributed by atoms with E-state index in [0.29, 0.717) is 29.6 Å². The van der Waals surface area contributed by atoms with Gasteiger partial charge in [0.1, 0.15) is 24.7 Å². The molecular formula is C23H30N2O3S. The van der Waals surface area contributed by atoms with Crippen LogP contribution < -0.4 is 20.1 Å². The molecule has 0 atom stereocenters. The lowest BCUT2D eigenvalue weighted by atomic mass is 10.1. The molecule has 6 heteroatoms. The molecule has 0 aliphatic heterocycles. The van der Waals surface area contributed by atoms with Gasteiger partial charge in [0.05, 0.1) is 0 Å². The number of unbranched alkanes of at least 4 members (excludes halogenated alkanes) is 4. The standard InChI is InChI=1S/C23H30N2O3S/c1-2-3-4-5-9-15-24-23(29)25-22(26)19-11-10-14-21(18-19)28-17-16-27-20-12-7-6-8-13-20/h6-8,10-14,18H,2-5,9,15-17H2,1H3,(H2,24,25,26,29). The lowest BCUT2D eigenvalue weighted by molar-refractivity contribution is 0.0976. The Hall–Kier alpha value is -2.60. The highest BCUT2D eigenvalue weighted by Gasteiger charge is 2.09. The number of carbonyl (C=O) groups excluding carboxylic acids is 1. The molecule has 0 saturated heterocycles. The fourth-order valence-electron chi connectivity index (χ4n) is 2.71. The summed E-state index contributed by atoms with van der Waals surface area (Å²) < 4.78 is 11.3. The molecule has 0 unspecified atom stereocenters. The van der Waals surface area contributed by atoms with Gasteiger partial charge in [0.2, 0.25) is 0 Å². The zero-order valence-corrected chi connectivity index (χ0v) is 17.8. The molecule has 0 bridgehead atoms. The number of nitrogens with one attached hydrogen (secondary N) is 2. The molecule has 0 saturated carbocycles. The summed E-state index contributed by atoms with van der Waals surface area (Å²) in [5.74, 6) is 1.17. The minimum absolute atomic E-state index is 0.250. The first-order chi connectivity index (χ1) is 14.2. The topological polar surface area (TPSA) is 59.6 Å². The van der Waals surface area contributed by atoms with E-state index in [1.165, 1.54) is 25.7 Å². The molecule has 0 fully saturated rings. The Bertz CT molecular complexity index is 753. The fourth-order valence-corrected chi connectivity index (χ4v) is 2.91. The summed E-state index contributed by atoms with van der Waals surface area (Å²) in [6, 6.07) is 16.6. The van der Waals surface area contributed by atoms with Crippen LogP contribution >= 0.6 is 12.2 Å². The number of amides is 1. The number of ether oxygens (including phenoxy) is 2. The van der Waals surface area contributed by atoms with E-state index in [1.807, 2.05) is 36.4 Å². The lowest BCUT2D eigenvalue weighted by Gasteiger charge is -2.11. The third-order valence-corrected chi connectivity index (χ3v) is 4.50. The van der Waals surface area contributed by atoms with Gasteiger partial charge in [-0.15, -0.1) is 0 Å². The van der Waals surface area contributed by atoms with E-state index in [2.05, 4.69) is 17.6 Å². The van der Waals surface area contributed by atoms with Crippen LogP contribution in [0.3, 0.4) is 0 Å². The number of rotatable bonds is 12. The number of benzene rings is 2. The van der Waals surface area contributed by atoms with Gasteiger partial charge in [0.25, 0.3) is 5.91 Å². The van der Waals surface area contributed by atoms with Crippen molar-refractivity contribution in [3.8, 4) is 11.5 Å². The Kier molecular flexibility index (Phi) is 10.6. The van der Waals surface area contributed by atoms with Crippen LogP contribution in [0.15, 0.2) is 54.6 Å². The number of hydrogen-bond donors (Lipinski definition) is 2. The Balaban J connectivity index is 1.69. The lowest BCUT2D eigenvalue weighted by Crippen LogP contribution is -2.39. The summed E-state index contributed by atoms with van der Waals surface area (Å²) in [4.78, 5) is 12.4. The second-order valence-electron chi connectivity index (χ2n) is 6.66. The number of hydrogen-bond acceptors (Lipinski definition) is 4. The molecule has 1 amide bonds. The van der Waals surface area contributed by atoms with Crippen molar-refractivity contribution in [1.82, 2.24) is 10.6 Å². The van der Waals surface area contributed by atoms with Crippen LogP contribution in [0, 0.1) is 0 Å². The molecule has 0 heterocycles. The largest absolute Gasteiger partial charge is 0.490 e. The fraction of sp³-hybridized carbons (Fsp3) is 0.391. The van der Waals surface area contributed by atoms with Crippen LogP contribution in [0.2, 0.25) is 0 Å². The summed E-state index contributed by atoms with van der Waals surface area (Å²) in [5, 5.41) is 6.15. The van der Waals surface area contributed by atoms with Gasteiger partial charge in [-0.1, -0.05) is 56.9 Å². The van der Waals surface area contributed by atoms with Crippen molar-refractivity contribution in [2.75, 3.05) is 19.8 Å². The van der Waals surface area contributed by atoms with Gasteiger partial charge in [-0.25, -0.2) is 0 Å². The molecule has 2 aromatic carbocycles. The first-order valence-electron chi connectivity index (χ1n) is 10.2. The van der Waals surface area contributed by atoms with E-state index in [4.69, 9.17) is 21.7 Å². The SMILES string of the molecule is CCCCCCCNC(=S)NC(=O)c1cccc(OCCOc2ccccc2)c1. The van der Waals surface area contributed by atoms with Crippen LogP contribution in [0.25, 0.3) is 0 Å². The summed E-state index contributed by atoms with van der Waals surface area (Å²) >= 11 is 5.21. The van der Waals surface area contributed by atoms with Gasteiger partial charge < -0.3 is 14.8 Å². The molecule has 5 nitrogen and oxygen atoms in total. The van der Waals surface area contributed by atoms with E-state index < -0.39 is 0 Å². The smallest absolute Gasteiger partial charge is 0.257 e. The molecule has 0 aliphatic rings. The quantitative estimate of drug-likeness (QED) is 0.389. The highest BCUT2D eigenvalue weighted by molar-refractivity contribution is 7.80. The van der Waals surface area contributed by atoms with Crippen LogP contribution in [0.4, 0.5) is 0 Å². The molecular weight excluding hydrogens is 384 g/mol. The summed E-state index contributed by atoms with van der Waals surface area (Å²) in [6.07, 6.45) is 5.94. The van der Waals surface area contributed by atoms with Crippen molar-refractivity contribution in [3.05, 3.63) is 60.2 Å². The Morgan fingerprint density at radius 1 is 0.897 bits per heavy atom. The van der Waals surface area contributed by atoms with E-state index in [9.17, 15) is 4.79 Å². The van der Waals surface area contributed by atoms with E-state index >= 15 is 0 Å². The Morgan fingerprint density at radius 3 is 2.34 bits per heavy atom. The highest BCUT2D eigenvalue weighted by atomic mass is 32.1. The van der Waals surface area contributed by atoms with Crippen LogP contribution in [-0.2, 0) is 0 Å². The first-order valence-corrected chi connectivity index (χ1v) is 10.6. The van der Waals surface area contributed by atoms with E-state index in [0.717, 1.165) is 18.7 Å². The Labute approximate surface area is 178 Å². The van der Waals surface area contributed by atoms with Gasteiger partial charge in [-0.3, -0.25) is 10.1 Å². The normalized spacial score (nSPS) is 10.2. The number of para-hydroxylation sites is 1. The molecule has 2 aromatic rings. The third-order valence-electron chi connectivity index (χ3n) is 4.25. The molecule has 29 heavy (non-hydrogen) atoms. The van der Waals surface area contributed by atoms with Crippen LogP contribution in [-0.4, -0.2) is 30.8 Å². The van der Waals surface area contributed by atoms with E-state index in [1.54, 1.807) is 18.2 Å². The maximum atomic E-state index is 12.4. The number of thiocarbonyl (C=S) groups is 1. The molecule has 0 radical (unpaired) electrons. The average Bonchev–Trinajstić information content (AvgIpc) is 2.74. The van der Waals surface area contributed by atoms with Gasteiger partial charge in [-0.05, 0) is 49.0 Å². The monoisotopic (exact) mass is 414 g/mol. The number of carbonyl (C=O) groups is 1. The van der Waals surface area contributed by atoms with Crippen LogP contribution in [0.5, 0.6) is 11.5 Å². The molecule has 0 aliphatic carbocycles. The van der Waals surface area contributed by atoms with Gasteiger partial charge in [0.15, 0.2) is 5.11 Å². The minimum atomic E-state index is -0.250. The van der Waals surface area contributed by atoms with Crippen molar-refractivity contribution < 1.29 is 14.3 Å². The highest BCUT2D eigenvalue weighted by Crippen LogP contribution is 2.14. The van der Waals surface area contributed by atoms with Crippen molar-refractivity contribution in [2.24, 2.45) is 0 Å². The first kappa shape index (κ1) is 22.7. The predicted octanol–water partition coefficient (Wildman–Crippen LogP) is 4.72. The maximum Gasteiger partial charge on any atom is 0.257 e. The summed E-state index contributed by atoms with van der Waals surface area (Å²) in [6.45, 7) is 3.78. The molecule has 2 rings (SSSR count). The van der Waals surface area contributed by atoms with E-state index in [-0.39, 0.29) is 5.91 Å². The molecule has 156 valence electrons. The van der Waals surface area contributed by atoms with Crippen molar-refractivity contribution in [3.63, 3.8) is 0 Å². The third kappa shape index (κ3) is 9.43. The maximum absolute atomic E-state index is 12.4.